The molecule has 0 spiro atoms. The Hall–Kier alpha value is -3.50. The first-order valence-corrected chi connectivity index (χ1v) is 9.25. The van der Waals surface area contributed by atoms with Gasteiger partial charge in [0.1, 0.15) is 33.9 Å². The third kappa shape index (κ3) is 4.24. The van der Waals surface area contributed by atoms with Crippen LogP contribution in [0.5, 0.6) is 17.2 Å². The van der Waals surface area contributed by atoms with Crippen LogP contribution in [-0.2, 0) is 0 Å². The molecule has 6 nitrogen and oxygen atoms in total. The van der Waals surface area contributed by atoms with Crippen molar-refractivity contribution in [3.8, 4) is 34.6 Å². The molecular weight excluding hydrogens is 374 g/mol. The zero-order valence-electron chi connectivity index (χ0n) is 15.7. The Morgan fingerprint density at radius 3 is 2.57 bits per heavy atom. The lowest BCUT2D eigenvalue weighted by Crippen LogP contribution is -1.95. The SMILES string of the molecule is COc1cccc(-c2csc(/C(C#N)=C\Nc3ccc(OC)cc3OC)n2)c1. The minimum Gasteiger partial charge on any atom is -0.497 e. The quantitative estimate of drug-likeness (QED) is 0.581. The van der Waals surface area contributed by atoms with Gasteiger partial charge in [0, 0.05) is 23.2 Å². The number of nitrogens with one attached hydrogen (secondary N) is 1. The first kappa shape index (κ1) is 19.3. The molecule has 3 aromatic rings. The van der Waals surface area contributed by atoms with Gasteiger partial charge in [-0.3, -0.25) is 0 Å². The van der Waals surface area contributed by atoms with E-state index in [0.717, 1.165) is 22.7 Å². The summed E-state index contributed by atoms with van der Waals surface area (Å²) in [7, 11) is 4.80. The monoisotopic (exact) mass is 393 g/mol. The van der Waals surface area contributed by atoms with E-state index in [1.54, 1.807) is 33.6 Å². The van der Waals surface area contributed by atoms with E-state index in [9.17, 15) is 5.26 Å². The predicted molar refractivity (Wildman–Crippen MR) is 111 cm³/mol. The molecule has 0 aliphatic carbocycles. The van der Waals surface area contributed by atoms with Crippen molar-refractivity contribution >= 4 is 22.6 Å². The van der Waals surface area contributed by atoms with Crippen LogP contribution in [-0.4, -0.2) is 26.3 Å². The van der Waals surface area contributed by atoms with E-state index in [1.807, 2.05) is 41.8 Å². The summed E-state index contributed by atoms with van der Waals surface area (Å²) >= 11 is 1.41. The maximum Gasteiger partial charge on any atom is 0.145 e. The number of nitrogens with zero attached hydrogens (tertiary/aromatic N) is 2. The standard InChI is InChI=1S/C21H19N3O3S/c1-25-16-6-4-5-14(9-16)19-13-28-21(24-19)15(11-22)12-23-18-8-7-17(26-2)10-20(18)27-3/h4-10,12-13,23H,1-3H3/b15-12-. The Balaban J connectivity index is 1.84. The second-order valence-corrected chi connectivity index (χ2v) is 6.51. The van der Waals surface area contributed by atoms with E-state index in [1.165, 1.54) is 11.3 Å². The molecule has 7 heteroatoms. The zero-order valence-corrected chi connectivity index (χ0v) is 16.5. The highest BCUT2D eigenvalue weighted by Gasteiger charge is 2.10. The second kappa shape index (κ2) is 8.93. The lowest BCUT2D eigenvalue weighted by molar-refractivity contribution is 0.395. The maximum absolute atomic E-state index is 9.57. The van der Waals surface area contributed by atoms with Crippen molar-refractivity contribution in [1.29, 1.82) is 5.26 Å². The maximum atomic E-state index is 9.57. The average molecular weight is 393 g/mol. The summed E-state index contributed by atoms with van der Waals surface area (Å²) in [5, 5.41) is 15.2. The minimum atomic E-state index is 0.428. The van der Waals surface area contributed by atoms with E-state index >= 15 is 0 Å². The second-order valence-electron chi connectivity index (χ2n) is 5.65. The van der Waals surface area contributed by atoms with Crippen LogP contribution in [0.1, 0.15) is 5.01 Å². The van der Waals surface area contributed by atoms with Crippen molar-refractivity contribution in [2.24, 2.45) is 0 Å². The Morgan fingerprint density at radius 1 is 1.07 bits per heavy atom. The van der Waals surface area contributed by atoms with Crippen LogP contribution in [0, 0.1) is 11.3 Å². The molecular formula is C21H19N3O3S. The topological polar surface area (TPSA) is 76.4 Å². The zero-order chi connectivity index (χ0) is 19.9. The molecule has 142 valence electrons. The van der Waals surface area contributed by atoms with Gasteiger partial charge in [0.15, 0.2) is 0 Å². The summed E-state index contributed by atoms with van der Waals surface area (Å²) < 4.78 is 15.8. The van der Waals surface area contributed by atoms with Crippen LogP contribution in [0.25, 0.3) is 16.8 Å². The smallest absolute Gasteiger partial charge is 0.145 e. The van der Waals surface area contributed by atoms with E-state index in [0.29, 0.717) is 22.1 Å². The first-order chi connectivity index (χ1) is 13.7. The van der Waals surface area contributed by atoms with Gasteiger partial charge in [0.25, 0.3) is 0 Å². The number of methoxy groups -OCH3 is 3. The Bertz CT molecular complexity index is 1040. The third-order valence-electron chi connectivity index (χ3n) is 4.00. The van der Waals surface area contributed by atoms with Crippen molar-refractivity contribution in [2.75, 3.05) is 26.6 Å². The summed E-state index contributed by atoms with van der Waals surface area (Å²) in [4.78, 5) is 4.59. The molecule has 0 amide bonds. The molecule has 28 heavy (non-hydrogen) atoms. The molecule has 0 bridgehead atoms. The predicted octanol–water partition coefficient (Wildman–Crippen LogP) is 4.81. The van der Waals surface area contributed by atoms with Crippen molar-refractivity contribution in [2.45, 2.75) is 0 Å². The number of hydrogen-bond donors (Lipinski definition) is 1. The van der Waals surface area contributed by atoms with Crippen molar-refractivity contribution in [3.63, 3.8) is 0 Å². The van der Waals surface area contributed by atoms with Gasteiger partial charge < -0.3 is 19.5 Å². The van der Waals surface area contributed by atoms with E-state index in [2.05, 4.69) is 16.4 Å². The fourth-order valence-electron chi connectivity index (χ4n) is 2.52. The van der Waals surface area contributed by atoms with E-state index < -0.39 is 0 Å². The highest BCUT2D eigenvalue weighted by molar-refractivity contribution is 7.11. The van der Waals surface area contributed by atoms with Gasteiger partial charge in [-0.1, -0.05) is 12.1 Å². The largest absolute Gasteiger partial charge is 0.497 e. The van der Waals surface area contributed by atoms with Gasteiger partial charge in [-0.2, -0.15) is 5.26 Å². The molecule has 0 fully saturated rings. The molecule has 0 radical (unpaired) electrons. The highest BCUT2D eigenvalue weighted by atomic mass is 32.1. The summed E-state index contributed by atoms with van der Waals surface area (Å²) in [6.07, 6.45) is 1.62. The molecule has 1 aromatic heterocycles. The fourth-order valence-corrected chi connectivity index (χ4v) is 3.32. The molecule has 3 rings (SSSR count). The lowest BCUT2D eigenvalue weighted by Gasteiger charge is -2.10. The van der Waals surface area contributed by atoms with Gasteiger partial charge in [-0.05, 0) is 24.3 Å². The number of benzene rings is 2. The van der Waals surface area contributed by atoms with Crippen molar-refractivity contribution < 1.29 is 14.2 Å². The lowest BCUT2D eigenvalue weighted by atomic mass is 10.1. The highest BCUT2D eigenvalue weighted by Crippen LogP contribution is 2.31. The van der Waals surface area contributed by atoms with Gasteiger partial charge in [0.05, 0.1) is 32.7 Å². The molecule has 0 aliphatic rings. The van der Waals surface area contributed by atoms with Crippen molar-refractivity contribution in [1.82, 2.24) is 4.98 Å². The number of thiazole rings is 1. The molecule has 0 aliphatic heterocycles. The number of allylic oxidation sites excluding steroid dienone is 1. The molecule has 2 aromatic carbocycles. The fraction of sp³-hybridized carbons (Fsp3) is 0.143. The Morgan fingerprint density at radius 2 is 1.86 bits per heavy atom. The number of ether oxygens (including phenoxy) is 3. The normalized spacial score (nSPS) is 10.9. The Kier molecular flexibility index (Phi) is 6.14. The average Bonchev–Trinajstić information content (AvgIpc) is 3.24. The molecule has 0 saturated carbocycles. The summed E-state index contributed by atoms with van der Waals surface area (Å²) in [6, 6.07) is 15.3. The van der Waals surface area contributed by atoms with E-state index in [4.69, 9.17) is 14.2 Å². The van der Waals surface area contributed by atoms with Crippen LogP contribution < -0.4 is 19.5 Å². The molecule has 1 heterocycles. The number of aromatic nitrogens is 1. The van der Waals surface area contributed by atoms with Gasteiger partial charge in [-0.25, -0.2) is 4.98 Å². The molecule has 1 N–H and O–H groups in total. The third-order valence-corrected chi connectivity index (χ3v) is 4.88. The number of anilines is 1. The molecule has 0 atom stereocenters. The van der Waals surface area contributed by atoms with Crippen LogP contribution in [0.4, 0.5) is 5.69 Å². The number of rotatable bonds is 7. The summed E-state index contributed by atoms with van der Waals surface area (Å²) in [5.74, 6) is 2.07. The minimum absolute atomic E-state index is 0.428. The molecule has 0 saturated heterocycles. The van der Waals surface area contributed by atoms with Crippen LogP contribution in [0.3, 0.4) is 0 Å². The summed E-state index contributed by atoms with van der Waals surface area (Å²) in [5.41, 5.74) is 2.88. The summed E-state index contributed by atoms with van der Waals surface area (Å²) in [6.45, 7) is 0. The number of nitriles is 1. The van der Waals surface area contributed by atoms with Crippen LogP contribution >= 0.6 is 11.3 Å². The van der Waals surface area contributed by atoms with Gasteiger partial charge in [-0.15, -0.1) is 11.3 Å². The van der Waals surface area contributed by atoms with Gasteiger partial charge in [0.2, 0.25) is 0 Å². The molecule has 0 unspecified atom stereocenters. The van der Waals surface area contributed by atoms with Gasteiger partial charge >= 0.3 is 0 Å². The van der Waals surface area contributed by atoms with Crippen LogP contribution in [0.2, 0.25) is 0 Å². The van der Waals surface area contributed by atoms with E-state index in [-0.39, 0.29) is 0 Å². The number of hydrogen-bond acceptors (Lipinski definition) is 7. The van der Waals surface area contributed by atoms with Crippen molar-refractivity contribution in [3.05, 3.63) is 59.1 Å². The Labute approximate surface area is 167 Å². The first-order valence-electron chi connectivity index (χ1n) is 8.37. The van der Waals surface area contributed by atoms with Crippen LogP contribution in [0.15, 0.2) is 54.0 Å².